The number of non-ortho nitro benzene ring substituents is 1. The van der Waals surface area contributed by atoms with Gasteiger partial charge in [0.15, 0.2) is 4.80 Å². The Labute approximate surface area is 164 Å². The standard InChI is InChI=1S/C19H19N3O5S/c1-5-27-18(24)14-11(4)21-17(23)16(10(2)3)28-19(21)20-15(14)12-6-8-13(9-7-12)22(25)26/h6-9,15H,5H2,1-4H3/t15-/m0/s1. The summed E-state index contributed by atoms with van der Waals surface area (Å²) in [5.41, 5.74) is 1.92. The lowest BCUT2D eigenvalue weighted by Crippen LogP contribution is -2.35. The molecule has 28 heavy (non-hydrogen) atoms. The number of aromatic nitrogens is 1. The van der Waals surface area contributed by atoms with Gasteiger partial charge in [0.2, 0.25) is 0 Å². The van der Waals surface area contributed by atoms with Crippen LogP contribution in [0.25, 0.3) is 11.3 Å². The molecule has 0 radical (unpaired) electrons. The zero-order valence-electron chi connectivity index (χ0n) is 15.9. The average molecular weight is 401 g/mol. The van der Waals surface area contributed by atoms with Crippen LogP contribution in [0.4, 0.5) is 5.69 Å². The van der Waals surface area contributed by atoms with Crippen LogP contribution in [-0.4, -0.2) is 22.1 Å². The Morgan fingerprint density at radius 2 is 1.96 bits per heavy atom. The zero-order chi connectivity index (χ0) is 20.6. The van der Waals surface area contributed by atoms with E-state index in [-0.39, 0.29) is 23.4 Å². The van der Waals surface area contributed by atoms with E-state index in [9.17, 15) is 19.7 Å². The highest BCUT2D eigenvalue weighted by atomic mass is 32.1. The van der Waals surface area contributed by atoms with Crippen LogP contribution >= 0.6 is 11.3 Å². The molecule has 3 rings (SSSR count). The molecular weight excluding hydrogens is 382 g/mol. The first-order chi connectivity index (χ1) is 13.3. The molecule has 0 bridgehead atoms. The molecule has 0 saturated carbocycles. The third-order valence-electron chi connectivity index (χ3n) is 4.39. The maximum absolute atomic E-state index is 12.8. The van der Waals surface area contributed by atoms with Crippen LogP contribution in [0.2, 0.25) is 0 Å². The van der Waals surface area contributed by atoms with Gasteiger partial charge in [0, 0.05) is 17.8 Å². The average Bonchev–Trinajstić information content (AvgIpc) is 2.99. The Kier molecular flexibility index (Phi) is 5.28. The number of rotatable bonds is 4. The number of nitro benzene ring substituents is 1. The van der Waals surface area contributed by atoms with Gasteiger partial charge in [-0.05, 0) is 45.4 Å². The maximum Gasteiger partial charge on any atom is 0.338 e. The van der Waals surface area contributed by atoms with Crippen LogP contribution in [-0.2, 0) is 9.53 Å². The second-order valence-electron chi connectivity index (χ2n) is 6.45. The predicted molar refractivity (Wildman–Crippen MR) is 105 cm³/mol. The lowest BCUT2D eigenvalue weighted by Gasteiger charge is -2.22. The van der Waals surface area contributed by atoms with Gasteiger partial charge < -0.3 is 4.74 Å². The fourth-order valence-electron chi connectivity index (χ4n) is 3.05. The summed E-state index contributed by atoms with van der Waals surface area (Å²) in [6.45, 7) is 7.26. The predicted octanol–water partition coefficient (Wildman–Crippen LogP) is 2.18. The molecule has 1 aromatic carbocycles. The van der Waals surface area contributed by atoms with Crippen LogP contribution in [0.15, 0.2) is 39.6 Å². The van der Waals surface area contributed by atoms with Crippen LogP contribution in [0.5, 0.6) is 0 Å². The molecule has 0 fully saturated rings. The lowest BCUT2D eigenvalue weighted by molar-refractivity contribution is -0.384. The van der Waals surface area contributed by atoms with E-state index in [0.29, 0.717) is 20.6 Å². The number of nitrogens with zero attached hydrogens (tertiary/aromatic N) is 3. The minimum atomic E-state index is -0.706. The fourth-order valence-corrected chi connectivity index (χ4v) is 4.08. The van der Waals surface area contributed by atoms with Gasteiger partial charge in [0.05, 0.1) is 21.6 Å². The van der Waals surface area contributed by atoms with Crippen molar-refractivity contribution < 1.29 is 14.5 Å². The number of nitro groups is 1. The van der Waals surface area contributed by atoms with Crippen molar-refractivity contribution in [2.75, 3.05) is 6.61 Å². The minimum absolute atomic E-state index is 0.0514. The first-order valence-corrected chi connectivity index (χ1v) is 9.47. The summed E-state index contributed by atoms with van der Waals surface area (Å²) in [7, 11) is 0. The van der Waals surface area contributed by atoms with Gasteiger partial charge in [-0.15, -0.1) is 0 Å². The fraction of sp³-hybridized carbons (Fsp3) is 0.316. The Morgan fingerprint density at radius 3 is 2.50 bits per heavy atom. The van der Waals surface area contributed by atoms with E-state index in [2.05, 4.69) is 4.99 Å². The van der Waals surface area contributed by atoms with Crippen LogP contribution in [0.1, 0.15) is 39.3 Å². The number of allylic oxidation sites excluding steroid dienone is 1. The van der Waals surface area contributed by atoms with Gasteiger partial charge in [-0.25, -0.2) is 9.79 Å². The van der Waals surface area contributed by atoms with Crippen LogP contribution < -0.4 is 14.9 Å². The molecule has 0 unspecified atom stereocenters. The van der Waals surface area contributed by atoms with E-state index < -0.39 is 16.9 Å². The Balaban J connectivity index is 2.28. The summed E-state index contributed by atoms with van der Waals surface area (Å²) in [5, 5.41) is 10.9. The molecule has 0 amide bonds. The molecule has 0 saturated heterocycles. The molecule has 0 spiro atoms. The van der Waals surface area contributed by atoms with E-state index in [1.807, 2.05) is 13.8 Å². The first kappa shape index (κ1) is 19.7. The molecule has 1 aliphatic heterocycles. The van der Waals surface area contributed by atoms with Crippen LogP contribution in [0.3, 0.4) is 0 Å². The zero-order valence-corrected chi connectivity index (χ0v) is 16.7. The number of ether oxygens (including phenoxy) is 1. The van der Waals surface area contributed by atoms with Crippen molar-refractivity contribution in [1.82, 2.24) is 4.57 Å². The molecule has 0 aliphatic carbocycles. The highest BCUT2D eigenvalue weighted by Crippen LogP contribution is 2.33. The number of benzene rings is 1. The Bertz CT molecular complexity index is 1170. The van der Waals surface area contributed by atoms with Gasteiger partial charge in [0.25, 0.3) is 11.2 Å². The smallest absolute Gasteiger partial charge is 0.338 e. The maximum atomic E-state index is 12.8. The summed E-state index contributed by atoms with van der Waals surface area (Å²) in [5.74, 6) is -0.561. The highest BCUT2D eigenvalue weighted by molar-refractivity contribution is 7.07. The number of esters is 1. The van der Waals surface area contributed by atoms with Gasteiger partial charge in [-0.1, -0.05) is 16.9 Å². The molecular formula is C19H19N3O5S. The van der Waals surface area contributed by atoms with E-state index >= 15 is 0 Å². The number of hydrogen-bond donors (Lipinski definition) is 0. The normalized spacial score (nSPS) is 15.6. The number of carbonyl (C=O) groups excluding carboxylic acids is 1. The largest absolute Gasteiger partial charge is 0.463 e. The third-order valence-corrected chi connectivity index (χ3v) is 5.65. The van der Waals surface area contributed by atoms with Gasteiger partial charge in [-0.2, -0.15) is 0 Å². The van der Waals surface area contributed by atoms with Crippen molar-refractivity contribution >= 4 is 34.3 Å². The van der Waals surface area contributed by atoms with Crippen molar-refractivity contribution in [3.05, 3.63) is 65.2 Å². The molecule has 1 atom stereocenters. The second-order valence-corrected chi connectivity index (χ2v) is 7.43. The van der Waals surface area contributed by atoms with Gasteiger partial charge in [-0.3, -0.25) is 19.5 Å². The Hall–Kier alpha value is -3.07. The highest BCUT2D eigenvalue weighted by Gasteiger charge is 2.31. The van der Waals surface area contributed by atoms with Crippen molar-refractivity contribution in [2.45, 2.75) is 33.7 Å². The number of carbonyl (C=O) groups is 1. The monoisotopic (exact) mass is 401 g/mol. The van der Waals surface area contributed by atoms with Crippen molar-refractivity contribution in [2.24, 2.45) is 4.99 Å². The molecule has 1 aliphatic rings. The van der Waals surface area contributed by atoms with Crippen molar-refractivity contribution in [3.63, 3.8) is 0 Å². The quantitative estimate of drug-likeness (QED) is 0.444. The topological polar surface area (TPSA) is 104 Å². The van der Waals surface area contributed by atoms with Crippen LogP contribution in [0, 0.1) is 10.1 Å². The summed E-state index contributed by atoms with van der Waals surface area (Å²) in [4.78, 5) is 41.0. The number of fused-ring (bicyclic) bond motifs is 1. The van der Waals surface area contributed by atoms with E-state index in [4.69, 9.17) is 4.74 Å². The SMILES string of the molecule is CCOC(=O)C1=C(C)n2c(sc(=C(C)C)c2=O)=N[C@H]1c1ccc([N+](=O)[O-])cc1. The van der Waals surface area contributed by atoms with Crippen molar-refractivity contribution in [3.8, 4) is 0 Å². The second kappa shape index (κ2) is 7.51. The molecule has 2 aromatic rings. The molecule has 1 aromatic heterocycles. The number of thiazole rings is 1. The molecule has 2 heterocycles. The lowest BCUT2D eigenvalue weighted by atomic mass is 9.96. The molecule has 0 N–H and O–H groups in total. The van der Waals surface area contributed by atoms with Gasteiger partial charge >= 0.3 is 5.97 Å². The summed E-state index contributed by atoms with van der Waals surface area (Å²) < 4.78 is 7.20. The summed E-state index contributed by atoms with van der Waals surface area (Å²) in [6, 6.07) is 5.17. The minimum Gasteiger partial charge on any atom is -0.463 e. The van der Waals surface area contributed by atoms with E-state index in [1.54, 1.807) is 26.0 Å². The molecule has 8 nitrogen and oxygen atoms in total. The summed E-state index contributed by atoms with van der Waals surface area (Å²) >= 11 is 1.26. The Morgan fingerprint density at radius 1 is 1.32 bits per heavy atom. The third kappa shape index (κ3) is 3.29. The van der Waals surface area contributed by atoms with E-state index in [1.165, 1.54) is 28.0 Å². The number of hydrogen-bond acceptors (Lipinski definition) is 7. The van der Waals surface area contributed by atoms with Gasteiger partial charge in [0.1, 0.15) is 6.04 Å². The van der Waals surface area contributed by atoms with E-state index in [0.717, 1.165) is 5.57 Å². The van der Waals surface area contributed by atoms with Crippen molar-refractivity contribution in [1.29, 1.82) is 0 Å². The molecule has 146 valence electrons. The molecule has 9 heteroatoms. The summed E-state index contributed by atoms with van der Waals surface area (Å²) in [6.07, 6.45) is 0. The first-order valence-electron chi connectivity index (χ1n) is 8.66.